The van der Waals surface area contributed by atoms with Gasteiger partial charge in [0.05, 0.1) is 11.4 Å². The van der Waals surface area contributed by atoms with Crippen molar-refractivity contribution in [2.75, 3.05) is 0 Å². The Morgan fingerprint density at radius 3 is 3.09 bits per heavy atom. The van der Waals surface area contributed by atoms with Gasteiger partial charge in [0.2, 0.25) is 0 Å². The summed E-state index contributed by atoms with van der Waals surface area (Å²) in [7, 11) is 0. The molecule has 3 nitrogen and oxygen atoms in total. The van der Waals surface area contributed by atoms with Crippen LogP contribution in [0.5, 0.6) is 0 Å². The summed E-state index contributed by atoms with van der Waals surface area (Å²) in [6.07, 6.45) is 7.86. The zero-order chi connectivity index (χ0) is 7.68. The Hall–Kier alpha value is -1.51. The standard InChI is InChI=1S/C8H6N2O/c11-5-6-1-2-7-8(10-6)3-4-9-7/h1-6H. The van der Waals surface area contributed by atoms with Gasteiger partial charge in [-0.15, -0.1) is 0 Å². The molecule has 0 saturated heterocycles. The Morgan fingerprint density at radius 1 is 1.36 bits per heavy atom. The van der Waals surface area contributed by atoms with Crippen LogP contribution in [0.25, 0.3) is 0 Å². The zero-order valence-corrected chi connectivity index (χ0v) is 5.77. The zero-order valence-electron chi connectivity index (χ0n) is 5.77. The van der Waals surface area contributed by atoms with Crippen LogP contribution >= 0.6 is 0 Å². The van der Waals surface area contributed by atoms with Gasteiger partial charge < -0.3 is 4.79 Å². The molecule has 2 aliphatic heterocycles. The number of hydrogen-bond acceptors (Lipinski definition) is 3. The highest BCUT2D eigenvalue weighted by Gasteiger charge is 2.14. The van der Waals surface area contributed by atoms with Crippen LogP contribution in [0.15, 0.2) is 34.4 Å². The first-order valence-electron chi connectivity index (χ1n) is 3.36. The molecule has 0 aromatic carbocycles. The van der Waals surface area contributed by atoms with Gasteiger partial charge in [-0.25, -0.2) is 0 Å². The summed E-state index contributed by atoms with van der Waals surface area (Å²) in [4.78, 5) is 18.5. The van der Waals surface area contributed by atoms with Crippen molar-refractivity contribution in [1.29, 1.82) is 0 Å². The highest BCUT2D eigenvalue weighted by molar-refractivity contribution is 6.52. The van der Waals surface area contributed by atoms with Crippen LogP contribution in [0.3, 0.4) is 0 Å². The topological polar surface area (TPSA) is 41.8 Å². The number of dihydropyridines is 1. The Morgan fingerprint density at radius 2 is 2.27 bits per heavy atom. The summed E-state index contributed by atoms with van der Waals surface area (Å²) in [6.45, 7) is 0. The Bertz CT molecular complexity index is 310. The molecule has 0 aromatic heterocycles. The second-order valence-corrected chi connectivity index (χ2v) is 2.33. The van der Waals surface area contributed by atoms with Crippen LogP contribution in [-0.4, -0.2) is 23.8 Å². The van der Waals surface area contributed by atoms with E-state index in [1.807, 2.05) is 6.08 Å². The summed E-state index contributed by atoms with van der Waals surface area (Å²) < 4.78 is 0. The molecule has 0 saturated carbocycles. The van der Waals surface area contributed by atoms with Gasteiger partial charge in [0.25, 0.3) is 0 Å². The minimum absolute atomic E-state index is 0.313. The number of carbonyl (C=O) groups excluding carboxylic acids is 1. The minimum atomic E-state index is -0.313. The average molecular weight is 146 g/mol. The van der Waals surface area contributed by atoms with E-state index in [2.05, 4.69) is 9.98 Å². The summed E-state index contributed by atoms with van der Waals surface area (Å²) in [5.74, 6) is 0. The third kappa shape index (κ3) is 0.941. The lowest BCUT2D eigenvalue weighted by Crippen LogP contribution is -2.16. The highest BCUT2D eigenvalue weighted by atomic mass is 16.1. The van der Waals surface area contributed by atoms with Gasteiger partial charge in [-0.3, -0.25) is 9.98 Å². The fourth-order valence-electron chi connectivity index (χ4n) is 1.05. The van der Waals surface area contributed by atoms with Crippen molar-refractivity contribution < 1.29 is 4.79 Å². The maximum Gasteiger partial charge on any atom is 0.148 e. The van der Waals surface area contributed by atoms with E-state index in [1.54, 1.807) is 18.4 Å². The van der Waals surface area contributed by atoms with E-state index >= 15 is 0 Å². The monoisotopic (exact) mass is 146 g/mol. The van der Waals surface area contributed by atoms with Crippen LogP contribution in [0.4, 0.5) is 0 Å². The van der Waals surface area contributed by atoms with Gasteiger partial charge in [0, 0.05) is 6.20 Å². The number of nitrogens with zero attached hydrogens (tertiary/aromatic N) is 2. The summed E-state index contributed by atoms with van der Waals surface area (Å²) in [6, 6.07) is -0.313. The van der Waals surface area contributed by atoms with E-state index in [0.717, 1.165) is 17.7 Å². The smallest absolute Gasteiger partial charge is 0.148 e. The van der Waals surface area contributed by atoms with Crippen molar-refractivity contribution in [3.8, 4) is 0 Å². The summed E-state index contributed by atoms with van der Waals surface area (Å²) >= 11 is 0. The maximum atomic E-state index is 10.3. The van der Waals surface area contributed by atoms with Gasteiger partial charge in [0.15, 0.2) is 0 Å². The van der Waals surface area contributed by atoms with Crippen LogP contribution in [0.1, 0.15) is 0 Å². The van der Waals surface area contributed by atoms with Crippen LogP contribution in [0, 0.1) is 0 Å². The average Bonchev–Trinajstić information content (AvgIpc) is 2.50. The van der Waals surface area contributed by atoms with Crippen molar-refractivity contribution in [2.45, 2.75) is 6.04 Å². The van der Waals surface area contributed by atoms with Gasteiger partial charge in [-0.1, -0.05) is 6.08 Å². The molecule has 0 amide bonds. The molecule has 0 spiro atoms. The van der Waals surface area contributed by atoms with Gasteiger partial charge >= 0.3 is 0 Å². The lowest BCUT2D eigenvalue weighted by molar-refractivity contribution is -0.108. The molecule has 1 atom stereocenters. The number of fused-ring (bicyclic) bond motifs is 1. The number of aliphatic imine (C=N–C) groups is 2. The fraction of sp³-hybridized carbons (Fsp3) is 0.125. The molecule has 2 aliphatic rings. The molecular weight excluding hydrogens is 140 g/mol. The lowest BCUT2D eigenvalue weighted by atomic mass is 10.1. The molecule has 1 unspecified atom stereocenters. The first kappa shape index (κ1) is 6.22. The third-order valence-electron chi connectivity index (χ3n) is 1.59. The van der Waals surface area contributed by atoms with E-state index in [1.165, 1.54) is 0 Å². The van der Waals surface area contributed by atoms with E-state index in [4.69, 9.17) is 0 Å². The Labute approximate surface area is 63.9 Å². The molecule has 0 bridgehead atoms. The predicted octanol–water partition coefficient (Wildman–Crippen LogP) is 0.533. The van der Waals surface area contributed by atoms with E-state index in [9.17, 15) is 4.79 Å². The fourth-order valence-corrected chi connectivity index (χ4v) is 1.05. The Kier molecular flexibility index (Phi) is 1.28. The normalized spacial score (nSPS) is 26.0. The van der Waals surface area contributed by atoms with E-state index in [0.29, 0.717) is 0 Å². The molecule has 0 radical (unpaired) electrons. The van der Waals surface area contributed by atoms with Crippen LogP contribution in [-0.2, 0) is 4.79 Å². The summed E-state index contributed by atoms with van der Waals surface area (Å²) in [5, 5.41) is 0. The number of aldehydes is 1. The van der Waals surface area contributed by atoms with Crippen LogP contribution in [0.2, 0.25) is 0 Å². The number of rotatable bonds is 1. The number of carbonyl (C=O) groups is 1. The van der Waals surface area contributed by atoms with Gasteiger partial charge in [-0.05, 0) is 12.2 Å². The molecular formula is C8H6N2O. The SMILES string of the molecule is O=CC1C=CC2=NC=CC2=N1. The lowest BCUT2D eigenvalue weighted by Gasteiger charge is -2.05. The predicted molar refractivity (Wildman–Crippen MR) is 43.0 cm³/mol. The van der Waals surface area contributed by atoms with Crippen molar-refractivity contribution in [3.63, 3.8) is 0 Å². The molecule has 0 aromatic rings. The second-order valence-electron chi connectivity index (χ2n) is 2.33. The first-order valence-corrected chi connectivity index (χ1v) is 3.36. The van der Waals surface area contributed by atoms with Crippen molar-refractivity contribution in [2.24, 2.45) is 9.98 Å². The molecule has 3 heteroatoms. The van der Waals surface area contributed by atoms with Crippen molar-refractivity contribution in [3.05, 3.63) is 24.4 Å². The van der Waals surface area contributed by atoms with E-state index < -0.39 is 0 Å². The second kappa shape index (κ2) is 2.27. The highest BCUT2D eigenvalue weighted by Crippen LogP contribution is 2.07. The summed E-state index contributed by atoms with van der Waals surface area (Å²) in [5.41, 5.74) is 1.66. The van der Waals surface area contributed by atoms with Gasteiger partial charge in [0.1, 0.15) is 12.3 Å². The van der Waals surface area contributed by atoms with Gasteiger partial charge in [-0.2, -0.15) is 0 Å². The minimum Gasteiger partial charge on any atom is -0.301 e. The first-order chi connectivity index (χ1) is 5.40. The molecule has 0 aliphatic carbocycles. The third-order valence-corrected chi connectivity index (χ3v) is 1.59. The number of allylic oxidation sites excluding steroid dienone is 2. The van der Waals surface area contributed by atoms with E-state index in [-0.39, 0.29) is 6.04 Å². The Balaban J connectivity index is 2.36. The quantitative estimate of drug-likeness (QED) is 0.497. The van der Waals surface area contributed by atoms with Crippen molar-refractivity contribution >= 4 is 17.7 Å². The maximum absolute atomic E-state index is 10.3. The molecule has 11 heavy (non-hydrogen) atoms. The number of hydrogen-bond donors (Lipinski definition) is 0. The van der Waals surface area contributed by atoms with Crippen molar-refractivity contribution in [1.82, 2.24) is 0 Å². The molecule has 0 N–H and O–H groups in total. The molecule has 54 valence electrons. The molecule has 0 fully saturated rings. The van der Waals surface area contributed by atoms with Crippen LogP contribution < -0.4 is 0 Å². The largest absolute Gasteiger partial charge is 0.301 e. The molecule has 2 heterocycles. The molecule has 2 rings (SSSR count).